The third-order valence-electron chi connectivity index (χ3n) is 2.25. The highest BCUT2D eigenvalue weighted by molar-refractivity contribution is 7.96. The third-order valence-corrected chi connectivity index (χ3v) is 3.12. The summed E-state index contributed by atoms with van der Waals surface area (Å²) in [5, 5.41) is 0. The maximum Gasteiger partial charge on any atom is 0.0742 e. The van der Waals surface area contributed by atoms with Crippen LogP contribution in [0.25, 0.3) is 0 Å². The zero-order chi connectivity index (χ0) is 8.43. The van der Waals surface area contributed by atoms with Gasteiger partial charge in [-0.25, -0.2) is 4.31 Å². The van der Waals surface area contributed by atoms with Gasteiger partial charge in [0.05, 0.1) is 6.17 Å². The Balaban J connectivity index is 2.56. The molecule has 1 heterocycles. The molecule has 1 aliphatic rings. The Bertz CT molecular complexity index is 127. The fourth-order valence-corrected chi connectivity index (χ4v) is 2.67. The Morgan fingerprint density at radius 1 is 1.36 bits per heavy atom. The number of likely N-dealkylation sites (N-methyl/N-ethyl adjacent to an activating group) is 1. The Morgan fingerprint density at radius 2 is 2.00 bits per heavy atom. The van der Waals surface area contributed by atoms with Crippen LogP contribution in [-0.4, -0.2) is 41.8 Å². The SMILES string of the molecule is CSN1CCN(C)C1C(C)C. The van der Waals surface area contributed by atoms with E-state index in [-0.39, 0.29) is 0 Å². The first kappa shape index (κ1) is 9.36. The van der Waals surface area contributed by atoms with E-state index < -0.39 is 0 Å². The van der Waals surface area contributed by atoms with Gasteiger partial charge in [0.15, 0.2) is 0 Å². The summed E-state index contributed by atoms with van der Waals surface area (Å²) in [5.41, 5.74) is 0. The molecule has 66 valence electrons. The molecule has 1 saturated heterocycles. The van der Waals surface area contributed by atoms with Gasteiger partial charge in [-0.3, -0.25) is 4.90 Å². The Kier molecular flexibility index (Phi) is 3.22. The van der Waals surface area contributed by atoms with Gasteiger partial charge in [-0.05, 0) is 19.2 Å². The van der Waals surface area contributed by atoms with Crippen LogP contribution in [0.2, 0.25) is 0 Å². The zero-order valence-corrected chi connectivity index (χ0v) is 8.69. The fourth-order valence-electron chi connectivity index (χ4n) is 1.78. The summed E-state index contributed by atoms with van der Waals surface area (Å²) in [6.07, 6.45) is 2.80. The maximum absolute atomic E-state index is 2.46. The molecule has 0 saturated carbocycles. The molecule has 1 aliphatic heterocycles. The lowest BCUT2D eigenvalue weighted by atomic mass is 10.1. The summed E-state index contributed by atoms with van der Waals surface area (Å²) in [7, 11) is 2.21. The molecule has 11 heavy (non-hydrogen) atoms. The third kappa shape index (κ3) is 1.89. The van der Waals surface area contributed by atoms with Crippen LogP contribution in [0.3, 0.4) is 0 Å². The van der Waals surface area contributed by atoms with Gasteiger partial charge in [0.25, 0.3) is 0 Å². The van der Waals surface area contributed by atoms with Crippen LogP contribution >= 0.6 is 11.9 Å². The minimum absolute atomic E-state index is 0.644. The van der Waals surface area contributed by atoms with Gasteiger partial charge < -0.3 is 0 Å². The molecule has 0 N–H and O–H groups in total. The van der Waals surface area contributed by atoms with Crippen molar-refractivity contribution in [1.82, 2.24) is 9.21 Å². The molecule has 1 fully saturated rings. The van der Waals surface area contributed by atoms with Crippen molar-refractivity contribution < 1.29 is 0 Å². The predicted octanol–water partition coefficient (Wildman–Crippen LogP) is 1.49. The number of nitrogens with zero attached hydrogens (tertiary/aromatic N) is 2. The molecule has 0 aromatic rings. The first-order valence-electron chi connectivity index (χ1n) is 4.17. The summed E-state index contributed by atoms with van der Waals surface area (Å²) in [5.74, 6) is 0.731. The number of rotatable bonds is 2. The number of hydrogen-bond acceptors (Lipinski definition) is 3. The van der Waals surface area contributed by atoms with E-state index in [0.717, 1.165) is 5.92 Å². The quantitative estimate of drug-likeness (QED) is 0.586. The van der Waals surface area contributed by atoms with Crippen LogP contribution in [0.1, 0.15) is 13.8 Å². The average Bonchev–Trinajstić information content (AvgIpc) is 2.30. The summed E-state index contributed by atoms with van der Waals surface area (Å²) in [6, 6.07) is 0. The molecule has 0 aromatic carbocycles. The van der Waals surface area contributed by atoms with Crippen molar-refractivity contribution in [2.24, 2.45) is 5.92 Å². The second kappa shape index (κ2) is 3.78. The zero-order valence-electron chi connectivity index (χ0n) is 7.87. The first-order chi connectivity index (χ1) is 5.16. The van der Waals surface area contributed by atoms with E-state index in [0.29, 0.717) is 6.17 Å². The normalized spacial score (nSPS) is 28.6. The standard InChI is InChI=1S/C8H18N2S/c1-7(2)8-9(3)5-6-10(8)11-4/h7-8H,5-6H2,1-4H3. The highest BCUT2D eigenvalue weighted by Crippen LogP contribution is 2.24. The maximum atomic E-state index is 2.46. The van der Waals surface area contributed by atoms with E-state index in [9.17, 15) is 0 Å². The van der Waals surface area contributed by atoms with Crippen molar-refractivity contribution in [2.45, 2.75) is 20.0 Å². The Morgan fingerprint density at radius 3 is 2.36 bits per heavy atom. The second-order valence-electron chi connectivity index (χ2n) is 3.46. The summed E-state index contributed by atoms with van der Waals surface area (Å²) < 4.78 is 2.46. The van der Waals surface area contributed by atoms with Crippen LogP contribution in [0.4, 0.5) is 0 Å². The van der Waals surface area contributed by atoms with Gasteiger partial charge in [-0.2, -0.15) is 0 Å². The van der Waals surface area contributed by atoms with Crippen LogP contribution in [0.15, 0.2) is 0 Å². The van der Waals surface area contributed by atoms with Crippen molar-refractivity contribution in [3.8, 4) is 0 Å². The highest BCUT2D eigenvalue weighted by Gasteiger charge is 2.30. The largest absolute Gasteiger partial charge is 0.289 e. The van der Waals surface area contributed by atoms with E-state index in [2.05, 4.69) is 36.4 Å². The van der Waals surface area contributed by atoms with E-state index >= 15 is 0 Å². The molecule has 2 nitrogen and oxygen atoms in total. The molecule has 0 radical (unpaired) electrons. The van der Waals surface area contributed by atoms with E-state index in [1.165, 1.54) is 13.1 Å². The predicted molar refractivity (Wildman–Crippen MR) is 51.5 cm³/mol. The molecule has 0 bridgehead atoms. The van der Waals surface area contributed by atoms with Crippen LogP contribution in [0, 0.1) is 5.92 Å². The highest BCUT2D eigenvalue weighted by atomic mass is 32.2. The second-order valence-corrected chi connectivity index (χ2v) is 4.30. The minimum atomic E-state index is 0.644. The summed E-state index contributed by atoms with van der Waals surface area (Å²) in [4.78, 5) is 2.43. The minimum Gasteiger partial charge on any atom is -0.289 e. The van der Waals surface area contributed by atoms with Crippen LogP contribution in [-0.2, 0) is 0 Å². The van der Waals surface area contributed by atoms with E-state index in [1.54, 1.807) is 0 Å². The van der Waals surface area contributed by atoms with E-state index in [1.807, 2.05) is 11.9 Å². The molecule has 1 unspecified atom stereocenters. The van der Waals surface area contributed by atoms with Crippen molar-refractivity contribution in [1.29, 1.82) is 0 Å². The molecule has 1 atom stereocenters. The van der Waals surface area contributed by atoms with Gasteiger partial charge >= 0.3 is 0 Å². The fraction of sp³-hybridized carbons (Fsp3) is 1.00. The topological polar surface area (TPSA) is 6.48 Å². The van der Waals surface area contributed by atoms with Crippen LogP contribution in [0.5, 0.6) is 0 Å². The molecule has 0 amide bonds. The summed E-state index contributed by atoms with van der Waals surface area (Å²) >= 11 is 1.86. The van der Waals surface area contributed by atoms with Gasteiger partial charge in [0.1, 0.15) is 0 Å². The smallest absolute Gasteiger partial charge is 0.0742 e. The van der Waals surface area contributed by atoms with Crippen molar-refractivity contribution >= 4 is 11.9 Å². The lowest BCUT2D eigenvalue weighted by Gasteiger charge is -2.29. The lowest BCUT2D eigenvalue weighted by Crippen LogP contribution is -2.37. The number of hydrogen-bond donors (Lipinski definition) is 0. The van der Waals surface area contributed by atoms with Gasteiger partial charge in [0, 0.05) is 13.1 Å². The summed E-state index contributed by atoms with van der Waals surface area (Å²) in [6.45, 7) is 7.00. The lowest BCUT2D eigenvalue weighted by molar-refractivity contribution is 0.182. The molecular formula is C8H18N2S. The van der Waals surface area contributed by atoms with Crippen molar-refractivity contribution in [3.63, 3.8) is 0 Å². The molecule has 0 aliphatic carbocycles. The average molecular weight is 174 g/mol. The van der Waals surface area contributed by atoms with Crippen molar-refractivity contribution in [3.05, 3.63) is 0 Å². The molecule has 0 aromatic heterocycles. The molecule has 1 rings (SSSR count). The van der Waals surface area contributed by atoms with E-state index in [4.69, 9.17) is 0 Å². The first-order valence-corrected chi connectivity index (χ1v) is 5.36. The van der Waals surface area contributed by atoms with Crippen molar-refractivity contribution in [2.75, 3.05) is 26.4 Å². The Labute approximate surface area is 74.1 Å². The van der Waals surface area contributed by atoms with Gasteiger partial charge in [-0.1, -0.05) is 25.8 Å². The van der Waals surface area contributed by atoms with Crippen LogP contribution < -0.4 is 0 Å². The molecule has 0 spiro atoms. The van der Waals surface area contributed by atoms with Gasteiger partial charge in [-0.15, -0.1) is 0 Å². The molecular weight excluding hydrogens is 156 g/mol. The monoisotopic (exact) mass is 174 g/mol. The van der Waals surface area contributed by atoms with Gasteiger partial charge in [0.2, 0.25) is 0 Å². The molecule has 3 heteroatoms. The Hall–Kier alpha value is 0.270.